The molecule has 0 atom stereocenters. The lowest BCUT2D eigenvalue weighted by Gasteiger charge is -2.36. The maximum atomic E-state index is 5.24. The third kappa shape index (κ3) is 3.21. The Morgan fingerprint density at radius 2 is 1.25 bits per heavy atom. The molecule has 0 aromatic heterocycles. The lowest BCUT2D eigenvalue weighted by molar-refractivity contribution is -0.310. The van der Waals surface area contributed by atoms with Gasteiger partial charge >= 0.3 is 0 Å². The van der Waals surface area contributed by atoms with E-state index in [-0.39, 0.29) is 0 Å². The topological polar surface area (TPSA) is 18.5 Å². The molecule has 16 heavy (non-hydrogen) atoms. The Kier molecular flexibility index (Phi) is 4.66. The van der Waals surface area contributed by atoms with Crippen LogP contribution >= 0.6 is 0 Å². The fourth-order valence-corrected chi connectivity index (χ4v) is 3.55. The van der Waals surface area contributed by atoms with Crippen molar-refractivity contribution >= 4 is 0 Å². The summed E-state index contributed by atoms with van der Waals surface area (Å²) in [6.45, 7) is 2.40. The minimum Gasteiger partial charge on any atom is -0.240 e. The van der Waals surface area contributed by atoms with Gasteiger partial charge < -0.3 is 0 Å². The summed E-state index contributed by atoms with van der Waals surface area (Å²) in [4.78, 5) is 10.0. The van der Waals surface area contributed by atoms with Crippen LogP contribution in [0.3, 0.4) is 0 Å². The Labute approximate surface area is 99.6 Å². The first kappa shape index (κ1) is 12.4. The van der Waals surface area contributed by atoms with E-state index in [4.69, 9.17) is 9.78 Å². The lowest BCUT2D eigenvalue weighted by atomic mass is 9.71. The average molecular weight is 226 g/mol. The van der Waals surface area contributed by atoms with Crippen molar-refractivity contribution < 1.29 is 9.78 Å². The highest BCUT2D eigenvalue weighted by Gasteiger charge is 2.30. The molecule has 0 spiro atoms. The molecular formula is C14H26O2. The van der Waals surface area contributed by atoms with E-state index in [2.05, 4.69) is 6.92 Å². The highest BCUT2D eigenvalue weighted by molar-refractivity contribution is 4.81. The van der Waals surface area contributed by atoms with E-state index in [9.17, 15) is 0 Å². The van der Waals surface area contributed by atoms with Crippen molar-refractivity contribution in [3.8, 4) is 0 Å². The summed E-state index contributed by atoms with van der Waals surface area (Å²) in [7, 11) is 1.62. The predicted molar refractivity (Wildman–Crippen MR) is 65.0 cm³/mol. The zero-order chi connectivity index (χ0) is 11.4. The molecule has 0 bridgehead atoms. The van der Waals surface area contributed by atoms with Crippen LogP contribution in [0.25, 0.3) is 0 Å². The van der Waals surface area contributed by atoms with Crippen LogP contribution in [0.15, 0.2) is 0 Å². The highest BCUT2D eigenvalue weighted by atomic mass is 17.2. The standard InChI is InChI=1S/C14H26O2/c1-11-3-5-12(6-4-11)13-7-9-14(10-8-13)16-15-2/h11-14H,3-10H2,1-2H3. The van der Waals surface area contributed by atoms with Gasteiger partial charge in [0.05, 0.1) is 13.2 Å². The summed E-state index contributed by atoms with van der Waals surface area (Å²) < 4.78 is 0. The highest BCUT2D eigenvalue weighted by Crippen LogP contribution is 2.40. The quantitative estimate of drug-likeness (QED) is 0.536. The number of rotatable bonds is 3. The minimum absolute atomic E-state index is 0.365. The first-order chi connectivity index (χ1) is 7.79. The molecule has 2 nitrogen and oxygen atoms in total. The normalized spacial score (nSPS) is 40.9. The minimum atomic E-state index is 0.365. The van der Waals surface area contributed by atoms with Crippen LogP contribution in [-0.2, 0) is 9.78 Å². The van der Waals surface area contributed by atoms with E-state index >= 15 is 0 Å². The summed E-state index contributed by atoms with van der Waals surface area (Å²) in [5.41, 5.74) is 0. The van der Waals surface area contributed by atoms with Crippen molar-refractivity contribution in [2.24, 2.45) is 17.8 Å². The second-order valence-corrected chi connectivity index (χ2v) is 5.82. The monoisotopic (exact) mass is 226 g/mol. The predicted octanol–water partition coefficient (Wildman–Crippen LogP) is 3.95. The van der Waals surface area contributed by atoms with Crippen LogP contribution in [0, 0.1) is 17.8 Å². The molecule has 0 radical (unpaired) electrons. The smallest absolute Gasteiger partial charge is 0.0930 e. The molecule has 94 valence electrons. The van der Waals surface area contributed by atoms with Crippen LogP contribution < -0.4 is 0 Å². The summed E-state index contributed by atoms with van der Waals surface area (Å²) in [6, 6.07) is 0. The van der Waals surface area contributed by atoms with Gasteiger partial charge in [-0.1, -0.05) is 19.8 Å². The Hall–Kier alpha value is -0.0800. The van der Waals surface area contributed by atoms with Gasteiger partial charge in [0.2, 0.25) is 0 Å². The van der Waals surface area contributed by atoms with Crippen LogP contribution in [0.5, 0.6) is 0 Å². The summed E-state index contributed by atoms with van der Waals surface area (Å²) >= 11 is 0. The molecule has 2 heteroatoms. The molecule has 0 unspecified atom stereocenters. The first-order valence-electron chi connectivity index (χ1n) is 6.99. The zero-order valence-electron chi connectivity index (χ0n) is 10.8. The van der Waals surface area contributed by atoms with E-state index in [1.165, 1.54) is 51.4 Å². The summed E-state index contributed by atoms with van der Waals surface area (Å²) in [6.07, 6.45) is 11.3. The Morgan fingerprint density at radius 3 is 1.75 bits per heavy atom. The maximum absolute atomic E-state index is 5.24. The van der Waals surface area contributed by atoms with Crippen LogP contribution in [-0.4, -0.2) is 13.2 Å². The largest absolute Gasteiger partial charge is 0.240 e. The van der Waals surface area contributed by atoms with Gasteiger partial charge in [0, 0.05) is 0 Å². The van der Waals surface area contributed by atoms with Gasteiger partial charge in [0.15, 0.2) is 0 Å². The van der Waals surface area contributed by atoms with Crippen molar-refractivity contribution in [2.75, 3.05) is 7.11 Å². The average Bonchev–Trinajstić information content (AvgIpc) is 2.32. The van der Waals surface area contributed by atoms with Crippen LogP contribution in [0.2, 0.25) is 0 Å². The first-order valence-corrected chi connectivity index (χ1v) is 6.99. The molecule has 0 heterocycles. The summed E-state index contributed by atoms with van der Waals surface area (Å²) in [5.74, 6) is 2.97. The van der Waals surface area contributed by atoms with Crippen molar-refractivity contribution in [3.63, 3.8) is 0 Å². The van der Waals surface area contributed by atoms with Gasteiger partial charge in [-0.3, -0.25) is 0 Å². The van der Waals surface area contributed by atoms with Crippen molar-refractivity contribution in [1.82, 2.24) is 0 Å². The summed E-state index contributed by atoms with van der Waals surface area (Å²) in [5, 5.41) is 0. The van der Waals surface area contributed by atoms with Gasteiger partial charge in [0.1, 0.15) is 0 Å². The van der Waals surface area contributed by atoms with E-state index in [0.29, 0.717) is 6.10 Å². The van der Waals surface area contributed by atoms with E-state index < -0.39 is 0 Å². The molecule has 2 rings (SSSR count). The van der Waals surface area contributed by atoms with Gasteiger partial charge in [-0.05, 0) is 56.3 Å². The van der Waals surface area contributed by atoms with E-state index in [1.807, 2.05) is 0 Å². The number of hydrogen-bond acceptors (Lipinski definition) is 2. The third-order valence-corrected chi connectivity index (χ3v) is 4.68. The molecule has 2 aliphatic carbocycles. The van der Waals surface area contributed by atoms with Gasteiger partial charge in [-0.15, -0.1) is 0 Å². The second-order valence-electron chi connectivity index (χ2n) is 5.82. The van der Waals surface area contributed by atoms with E-state index in [0.717, 1.165) is 17.8 Å². The Bertz CT molecular complexity index is 189. The lowest BCUT2D eigenvalue weighted by Crippen LogP contribution is -2.28. The molecule has 0 saturated heterocycles. The van der Waals surface area contributed by atoms with E-state index in [1.54, 1.807) is 7.11 Å². The third-order valence-electron chi connectivity index (χ3n) is 4.68. The van der Waals surface area contributed by atoms with Gasteiger partial charge in [-0.2, -0.15) is 0 Å². The molecule has 0 aromatic rings. The Balaban J connectivity index is 1.72. The number of hydrogen-bond donors (Lipinski definition) is 0. The molecule has 2 fully saturated rings. The van der Waals surface area contributed by atoms with Crippen molar-refractivity contribution in [2.45, 2.75) is 64.4 Å². The molecule has 2 aliphatic rings. The van der Waals surface area contributed by atoms with Crippen LogP contribution in [0.1, 0.15) is 58.3 Å². The maximum Gasteiger partial charge on any atom is 0.0930 e. The molecule has 0 aromatic carbocycles. The van der Waals surface area contributed by atoms with Crippen molar-refractivity contribution in [1.29, 1.82) is 0 Å². The molecule has 0 N–H and O–H groups in total. The molecular weight excluding hydrogens is 200 g/mol. The van der Waals surface area contributed by atoms with Gasteiger partial charge in [-0.25, -0.2) is 9.78 Å². The molecule has 2 saturated carbocycles. The Morgan fingerprint density at radius 1 is 0.750 bits per heavy atom. The molecule has 0 aliphatic heterocycles. The SMILES string of the molecule is COOC1CCC(C2CCC(C)CC2)CC1. The second kappa shape index (κ2) is 6.02. The van der Waals surface area contributed by atoms with Gasteiger partial charge in [0.25, 0.3) is 0 Å². The fraction of sp³-hybridized carbons (Fsp3) is 1.00. The zero-order valence-corrected chi connectivity index (χ0v) is 10.8. The van der Waals surface area contributed by atoms with Crippen LogP contribution in [0.4, 0.5) is 0 Å². The fourth-order valence-electron chi connectivity index (χ4n) is 3.55. The van der Waals surface area contributed by atoms with Crippen molar-refractivity contribution in [3.05, 3.63) is 0 Å². The molecule has 0 amide bonds.